The van der Waals surface area contributed by atoms with Gasteiger partial charge in [-0.3, -0.25) is 9.88 Å². The Hall–Kier alpha value is -0.930. The number of nitrogens with one attached hydrogen (secondary N) is 1. The van der Waals surface area contributed by atoms with Crippen molar-refractivity contribution in [3.05, 3.63) is 29.6 Å². The third-order valence-electron chi connectivity index (χ3n) is 4.31. The van der Waals surface area contributed by atoms with Crippen molar-refractivity contribution in [3.8, 4) is 0 Å². The van der Waals surface area contributed by atoms with Crippen molar-refractivity contribution in [1.29, 1.82) is 0 Å². The summed E-state index contributed by atoms with van der Waals surface area (Å²) in [5.41, 5.74) is 2.39. The molecule has 0 amide bonds. The zero-order valence-corrected chi connectivity index (χ0v) is 13.9. The minimum atomic E-state index is 0.687. The molecule has 0 radical (unpaired) electrons. The first-order valence-electron chi connectivity index (χ1n) is 8.58. The van der Waals surface area contributed by atoms with Crippen LogP contribution in [0.25, 0.3) is 0 Å². The van der Waals surface area contributed by atoms with E-state index in [2.05, 4.69) is 49.2 Å². The Balaban J connectivity index is 1.90. The summed E-state index contributed by atoms with van der Waals surface area (Å²) in [4.78, 5) is 7.45. The molecule has 0 aliphatic carbocycles. The van der Waals surface area contributed by atoms with Crippen LogP contribution in [-0.2, 0) is 13.1 Å². The molecule has 3 heteroatoms. The molecule has 118 valence electrons. The Morgan fingerprint density at radius 1 is 1.29 bits per heavy atom. The van der Waals surface area contributed by atoms with Crippen molar-refractivity contribution in [1.82, 2.24) is 15.2 Å². The highest BCUT2D eigenvalue weighted by molar-refractivity contribution is 5.11. The number of rotatable bonds is 7. The molecular weight excluding hydrogens is 258 g/mol. The van der Waals surface area contributed by atoms with E-state index in [1.807, 2.05) is 0 Å². The standard InChI is InChI=1S/C18H31N3/c1-4-18-10-5-6-11-21(18)14-17-9-7-8-16(20-17)13-19-12-15(2)3/h7-9,15,18-19H,4-6,10-14H2,1-3H3. The van der Waals surface area contributed by atoms with Crippen LogP contribution in [0.15, 0.2) is 18.2 Å². The first-order chi connectivity index (χ1) is 10.2. The van der Waals surface area contributed by atoms with Crippen LogP contribution in [0.3, 0.4) is 0 Å². The molecule has 1 N–H and O–H groups in total. The number of nitrogens with zero attached hydrogens (tertiary/aromatic N) is 2. The van der Waals surface area contributed by atoms with Crippen molar-refractivity contribution in [2.45, 2.75) is 65.6 Å². The average molecular weight is 289 g/mol. The van der Waals surface area contributed by atoms with Gasteiger partial charge in [0.1, 0.15) is 0 Å². The lowest BCUT2D eigenvalue weighted by Crippen LogP contribution is -2.38. The average Bonchev–Trinajstić information content (AvgIpc) is 2.48. The van der Waals surface area contributed by atoms with E-state index in [0.29, 0.717) is 5.92 Å². The number of aromatic nitrogens is 1. The molecule has 1 atom stereocenters. The molecule has 0 aromatic carbocycles. The van der Waals surface area contributed by atoms with Gasteiger partial charge in [-0.15, -0.1) is 0 Å². The van der Waals surface area contributed by atoms with E-state index in [0.717, 1.165) is 25.7 Å². The predicted octanol–water partition coefficient (Wildman–Crippen LogP) is 3.59. The van der Waals surface area contributed by atoms with E-state index in [-0.39, 0.29) is 0 Å². The summed E-state index contributed by atoms with van der Waals surface area (Å²) in [5, 5.41) is 3.48. The molecule has 1 aliphatic rings. The highest BCUT2D eigenvalue weighted by atomic mass is 15.2. The fourth-order valence-corrected chi connectivity index (χ4v) is 3.14. The Morgan fingerprint density at radius 2 is 2.10 bits per heavy atom. The van der Waals surface area contributed by atoms with Gasteiger partial charge in [-0.2, -0.15) is 0 Å². The van der Waals surface area contributed by atoms with Gasteiger partial charge in [0.2, 0.25) is 0 Å². The molecule has 1 saturated heterocycles. The van der Waals surface area contributed by atoms with Crippen LogP contribution in [0.1, 0.15) is 57.8 Å². The molecule has 1 aliphatic heterocycles. The van der Waals surface area contributed by atoms with Gasteiger partial charge in [0.25, 0.3) is 0 Å². The molecule has 1 aromatic rings. The highest BCUT2D eigenvalue weighted by Gasteiger charge is 2.20. The van der Waals surface area contributed by atoms with E-state index < -0.39 is 0 Å². The fourth-order valence-electron chi connectivity index (χ4n) is 3.14. The molecule has 21 heavy (non-hydrogen) atoms. The molecule has 2 rings (SSSR count). The van der Waals surface area contributed by atoms with Crippen LogP contribution >= 0.6 is 0 Å². The Kier molecular flexibility index (Phi) is 6.65. The molecule has 1 aromatic heterocycles. The quantitative estimate of drug-likeness (QED) is 0.831. The summed E-state index contributed by atoms with van der Waals surface area (Å²) in [5.74, 6) is 0.687. The van der Waals surface area contributed by atoms with Crippen molar-refractivity contribution in [2.75, 3.05) is 13.1 Å². The Labute approximate surface area is 130 Å². The minimum Gasteiger partial charge on any atom is -0.311 e. The molecule has 0 saturated carbocycles. The van der Waals surface area contributed by atoms with Crippen molar-refractivity contribution in [2.24, 2.45) is 5.92 Å². The van der Waals surface area contributed by atoms with Crippen molar-refractivity contribution < 1.29 is 0 Å². The fraction of sp³-hybridized carbons (Fsp3) is 0.722. The summed E-state index contributed by atoms with van der Waals surface area (Å²) in [6.07, 6.45) is 5.34. The highest BCUT2D eigenvalue weighted by Crippen LogP contribution is 2.21. The van der Waals surface area contributed by atoms with Gasteiger partial charge < -0.3 is 5.32 Å². The van der Waals surface area contributed by atoms with Gasteiger partial charge in [-0.25, -0.2) is 0 Å². The maximum atomic E-state index is 4.83. The first-order valence-corrected chi connectivity index (χ1v) is 8.58. The van der Waals surface area contributed by atoms with Gasteiger partial charge in [-0.05, 0) is 50.4 Å². The lowest BCUT2D eigenvalue weighted by molar-refractivity contribution is 0.134. The summed E-state index contributed by atoms with van der Waals surface area (Å²) in [6, 6.07) is 7.21. The predicted molar refractivity (Wildman–Crippen MR) is 89.1 cm³/mol. The molecule has 3 nitrogen and oxygen atoms in total. The van der Waals surface area contributed by atoms with Gasteiger partial charge in [0.05, 0.1) is 11.4 Å². The number of pyridine rings is 1. The van der Waals surface area contributed by atoms with E-state index >= 15 is 0 Å². The molecule has 1 unspecified atom stereocenters. The molecule has 0 spiro atoms. The second kappa shape index (κ2) is 8.50. The van der Waals surface area contributed by atoms with Crippen molar-refractivity contribution >= 4 is 0 Å². The van der Waals surface area contributed by atoms with Crippen LogP contribution < -0.4 is 5.32 Å². The normalized spacial score (nSPS) is 20.1. The van der Waals surface area contributed by atoms with Crippen molar-refractivity contribution in [3.63, 3.8) is 0 Å². The third-order valence-corrected chi connectivity index (χ3v) is 4.31. The summed E-state index contributed by atoms with van der Waals surface area (Å²) < 4.78 is 0. The molecule has 2 heterocycles. The van der Waals surface area contributed by atoms with Crippen LogP contribution in [0.2, 0.25) is 0 Å². The summed E-state index contributed by atoms with van der Waals surface area (Å²) >= 11 is 0. The Morgan fingerprint density at radius 3 is 2.86 bits per heavy atom. The Bertz CT molecular complexity index is 417. The van der Waals surface area contributed by atoms with Crippen LogP contribution in [0.4, 0.5) is 0 Å². The lowest BCUT2D eigenvalue weighted by Gasteiger charge is -2.34. The zero-order valence-electron chi connectivity index (χ0n) is 13.9. The minimum absolute atomic E-state index is 0.687. The lowest BCUT2D eigenvalue weighted by atomic mass is 10.00. The van der Waals surface area contributed by atoms with E-state index in [1.54, 1.807) is 0 Å². The number of likely N-dealkylation sites (tertiary alicyclic amines) is 1. The van der Waals surface area contributed by atoms with Crippen LogP contribution in [-0.4, -0.2) is 29.0 Å². The topological polar surface area (TPSA) is 28.2 Å². The van der Waals surface area contributed by atoms with Crippen LogP contribution in [0.5, 0.6) is 0 Å². The van der Waals surface area contributed by atoms with Crippen LogP contribution in [0, 0.1) is 5.92 Å². The smallest absolute Gasteiger partial charge is 0.0547 e. The zero-order chi connectivity index (χ0) is 15.1. The SMILES string of the molecule is CCC1CCCCN1Cc1cccc(CNCC(C)C)n1. The summed E-state index contributed by atoms with van der Waals surface area (Å²) in [6.45, 7) is 10.9. The van der Waals surface area contributed by atoms with Gasteiger partial charge in [0.15, 0.2) is 0 Å². The van der Waals surface area contributed by atoms with E-state index in [4.69, 9.17) is 4.98 Å². The number of hydrogen-bond acceptors (Lipinski definition) is 3. The maximum Gasteiger partial charge on any atom is 0.0547 e. The number of hydrogen-bond donors (Lipinski definition) is 1. The summed E-state index contributed by atoms with van der Waals surface area (Å²) in [7, 11) is 0. The molecule has 1 fully saturated rings. The van der Waals surface area contributed by atoms with E-state index in [1.165, 1.54) is 43.6 Å². The monoisotopic (exact) mass is 289 g/mol. The van der Waals surface area contributed by atoms with Gasteiger partial charge >= 0.3 is 0 Å². The molecular formula is C18H31N3. The largest absolute Gasteiger partial charge is 0.311 e. The number of piperidine rings is 1. The second-order valence-corrected chi connectivity index (χ2v) is 6.67. The van der Waals surface area contributed by atoms with E-state index in [9.17, 15) is 0 Å². The maximum absolute atomic E-state index is 4.83. The van der Waals surface area contributed by atoms with Gasteiger partial charge in [-0.1, -0.05) is 33.3 Å². The van der Waals surface area contributed by atoms with Gasteiger partial charge in [0, 0.05) is 19.1 Å². The second-order valence-electron chi connectivity index (χ2n) is 6.67. The third kappa shape index (κ3) is 5.40. The first kappa shape index (κ1) is 16.4. The molecule has 0 bridgehead atoms.